The van der Waals surface area contributed by atoms with Crippen molar-refractivity contribution in [1.82, 2.24) is 0 Å². The summed E-state index contributed by atoms with van der Waals surface area (Å²) in [5.74, 6) is 0. The molecule has 0 atom stereocenters. The van der Waals surface area contributed by atoms with Crippen molar-refractivity contribution in [2.75, 3.05) is 4.72 Å². The molecule has 1 heterocycles. The van der Waals surface area contributed by atoms with E-state index < -0.39 is 10.0 Å². The Kier molecular flexibility index (Phi) is 4.52. The van der Waals surface area contributed by atoms with Crippen molar-refractivity contribution < 1.29 is 13.5 Å². The van der Waals surface area contributed by atoms with Crippen LogP contribution < -0.4 is 4.72 Å². The molecule has 8 heteroatoms. The number of halogens is 2. The highest BCUT2D eigenvalue weighted by molar-refractivity contribution is 9.10. The van der Waals surface area contributed by atoms with Gasteiger partial charge in [0.2, 0.25) is 0 Å². The van der Waals surface area contributed by atoms with Gasteiger partial charge in [0.1, 0.15) is 4.21 Å². The van der Waals surface area contributed by atoms with Crippen LogP contribution in [0.4, 0.5) is 5.69 Å². The minimum atomic E-state index is -3.65. The third-order valence-corrected chi connectivity index (χ3v) is 6.41. The molecular weight excluding hydrogens is 374 g/mol. The fourth-order valence-corrected chi connectivity index (χ4v) is 4.05. The van der Waals surface area contributed by atoms with Gasteiger partial charge in [-0.2, -0.15) is 0 Å². The molecule has 0 radical (unpaired) electrons. The van der Waals surface area contributed by atoms with Gasteiger partial charge in [-0.3, -0.25) is 4.72 Å². The van der Waals surface area contributed by atoms with Crippen molar-refractivity contribution in [2.45, 2.75) is 10.8 Å². The van der Waals surface area contributed by atoms with E-state index in [9.17, 15) is 8.42 Å². The van der Waals surface area contributed by atoms with Crippen molar-refractivity contribution in [3.05, 3.63) is 44.7 Å². The Bertz CT molecular complexity index is 700. The van der Waals surface area contributed by atoms with Crippen LogP contribution in [0.2, 0.25) is 5.02 Å². The van der Waals surface area contributed by atoms with Crippen LogP contribution in [0, 0.1) is 0 Å². The molecule has 0 aliphatic rings. The van der Waals surface area contributed by atoms with Gasteiger partial charge in [0.25, 0.3) is 10.0 Å². The maximum Gasteiger partial charge on any atom is 0.271 e. The lowest BCUT2D eigenvalue weighted by Gasteiger charge is -2.07. The molecule has 4 nitrogen and oxygen atoms in total. The van der Waals surface area contributed by atoms with Crippen molar-refractivity contribution in [3.63, 3.8) is 0 Å². The fourth-order valence-electron chi connectivity index (χ4n) is 1.35. The Morgan fingerprint density at radius 3 is 2.63 bits per heavy atom. The molecule has 2 rings (SSSR count). The predicted molar refractivity (Wildman–Crippen MR) is 80.2 cm³/mol. The number of aliphatic hydroxyl groups is 1. The van der Waals surface area contributed by atoms with E-state index in [0.29, 0.717) is 20.1 Å². The SMILES string of the molecule is O=S(=O)(Nc1ccc(Br)c(Cl)c1)c1ccc(CO)s1. The molecule has 0 spiro atoms. The minimum Gasteiger partial charge on any atom is -0.391 e. The Hall–Kier alpha value is -0.600. The summed E-state index contributed by atoms with van der Waals surface area (Å²) in [7, 11) is -3.65. The van der Waals surface area contributed by atoms with E-state index in [0.717, 1.165) is 11.3 Å². The fraction of sp³-hybridized carbons (Fsp3) is 0.0909. The van der Waals surface area contributed by atoms with Crippen LogP contribution >= 0.6 is 38.9 Å². The van der Waals surface area contributed by atoms with Crippen molar-refractivity contribution >= 4 is 54.6 Å². The number of sulfonamides is 1. The molecule has 0 saturated heterocycles. The number of benzene rings is 1. The monoisotopic (exact) mass is 381 g/mol. The molecule has 19 heavy (non-hydrogen) atoms. The van der Waals surface area contributed by atoms with Gasteiger partial charge in [-0.1, -0.05) is 11.6 Å². The van der Waals surface area contributed by atoms with E-state index >= 15 is 0 Å². The van der Waals surface area contributed by atoms with Gasteiger partial charge in [-0.25, -0.2) is 8.42 Å². The van der Waals surface area contributed by atoms with Crippen LogP contribution in [0.3, 0.4) is 0 Å². The molecule has 2 aromatic rings. The van der Waals surface area contributed by atoms with Crippen LogP contribution in [-0.4, -0.2) is 13.5 Å². The van der Waals surface area contributed by atoms with E-state index in [-0.39, 0.29) is 10.8 Å². The van der Waals surface area contributed by atoms with Gasteiger partial charge >= 0.3 is 0 Å². The third-order valence-electron chi connectivity index (χ3n) is 2.23. The summed E-state index contributed by atoms with van der Waals surface area (Å²) in [4.78, 5) is 0.592. The van der Waals surface area contributed by atoms with Crippen LogP contribution in [0.25, 0.3) is 0 Å². The van der Waals surface area contributed by atoms with Gasteiger partial charge in [-0.05, 0) is 46.3 Å². The lowest BCUT2D eigenvalue weighted by atomic mass is 10.3. The largest absolute Gasteiger partial charge is 0.391 e. The number of anilines is 1. The summed E-state index contributed by atoms with van der Waals surface area (Å²) in [5.41, 5.74) is 0.382. The van der Waals surface area contributed by atoms with Crippen LogP contribution in [0.5, 0.6) is 0 Å². The first-order valence-electron chi connectivity index (χ1n) is 5.10. The minimum absolute atomic E-state index is 0.149. The Labute approximate surface area is 128 Å². The Balaban J connectivity index is 2.28. The van der Waals surface area contributed by atoms with E-state index in [2.05, 4.69) is 20.7 Å². The van der Waals surface area contributed by atoms with Gasteiger partial charge in [-0.15, -0.1) is 11.3 Å². The topological polar surface area (TPSA) is 66.4 Å². The number of hydrogen-bond donors (Lipinski definition) is 2. The molecule has 0 amide bonds. The van der Waals surface area contributed by atoms with Crippen LogP contribution in [0.15, 0.2) is 39.0 Å². The van der Waals surface area contributed by atoms with E-state index in [1.165, 1.54) is 12.1 Å². The lowest BCUT2D eigenvalue weighted by Crippen LogP contribution is -2.11. The molecule has 0 fully saturated rings. The average Bonchev–Trinajstić information content (AvgIpc) is 2.83. The molecule has 1 aromatic heterocycles. The molecule has 2 N–H and O–H groups in total. The molecule has 1 aromatic carbocycles. The molecule has 102 valence electrons. The van der Waals surface area contributed by atoms with E-state index in [1.807, 2.05) is 0 Å². The molecule has 0 aliphatic heterocycles. The summed E-state index contributed by atoms with van der Waals surface area (Å²) in [6.45, 7) is -0.176. The van der Waals surface area contributed by atoms with Crippen molar-refractivity contribution in [3.8, 4) is 0 Å². The maximum atomic E-state index is 12.1. The second-order valence-corrected chi connectivity index (χ2v) is 7.95. The molecule has 0 saturated carbocycles. The summed E-state index contributed by atoms with van der Waals surface area (Å²) >= 11 is 10.2. The first-order chi connectivity index (χ1) is 8.92. The van der Waals surface area contributed by atoms with Crippen LogP contribution in [0.1, 0.15) is 4.88 Å². The zero-order valence-corrected chi connectivity index (χ0v) is 13.4. The average molecular weight is 383 g/mol. The zero-order chi connectivity index (χ0) is 14.0. The van der Waals surface area contributed by atoms with Crippen LogP contribution in [-0.2, 0) is 16.6 Å². The maximum absolute atomic E-state index is 12.1. The quantitative estimate of drug-likeness (QED) is 0.851. The first kappa shape index (κ1) is 14.8. The molecule has 0 unspecified atom stereocenters. The second-order valence-electron chi connectivity index (χ2n) is 3.61. The highest BCUT2D eigenvalue weighted by atomic mass is 79.9. The highest BCUT2D eigenvalue weighted by Gasteiger charge is 2.17. The molecule has 0 aliphatic carbocycles. The summed E-state index contributed by atoms with van der Waals surface area (Å²) in [5, 5.41) is 9.36. The van der Waals surface area contributed by atoms with E-state index in [4.69, 9.17) is 16.7 Å². The zero-order valence-electron chi connectivity index (χ0n) is 9.43. The highest BCUT2D eigenvalue weighted by Crippen LogP contribution is 2.28. The lowest BCUT2D eigenvalue weighted by molar-refractivity contribution is 0.285. The summed E-state index contributed by atoms with van der Waals surface area (Å²) in [6.07, 6.45) is 0. The third kappa shape index (κ3) is 3.49. The number of hydrogen-bond acceptors (Lipinski definition) is 4. The standard InChI is InChI=1S/C11H9BrClNO3S2/c12-9-3-1-7(5-10(9)13)14-19(16,17)11-4-2-8(6-15)18-11/h1-5,14-15H,6H2. The number of aliphatic hydroxyl groups excluding tert-OH is 1. The van der Waals surface area contributed by atoms with Crippen molar-refractivity contribution in [1.29, 1.82) is 0 Å². The predicted octanol–water partition coefficient (Wildman–Crippen LogP) is 3.46. The van der Waals surface area contributed by atoms with Crippen molar-refractivity contribution in [2.24, 2.45) is 0 Å². The number of nitrogens with one attached hydrogen (secondary N) is 1. The first-order valence-corrected chi connectivity index (χ1v) is 8.57. The Morgan fingerprint density at radius 1 is 1.32 bits per heavy atom. The van der Waals surface area contributed by atoms with Gasteiger partial charge in [0, 0.05) is 9.35 Å². The van der Waals surface area contributed by atoms with Gasteiger partial charge < -0.3 is 5.11 Å². The smallest absolute Gasteiger partial charge is 0.271 e. The second kappa shape index (κ2) is 5.80. The molecule has 0 bridgehead atoms. The van der Waals surface area contributed by atoms with E-state index in [1.54, 1.807) is 18.2 Å². The normalized spacial score (nSPS) is 11.5. The molecular formula is C11H9BrClNO3S2. The Morgan fingerprint density at radius 2 is 2.05 bits per heavy atom. The number of rotatable bonds is 4. The van der Waals surface area contributed by atoms with Gasteiger partial charge in [0.05, 0.1) is 17.3 Å². The van der Waals surface area contributed by atoms with Gasteiger partial charge in [0.15, 0.2) is 0 Å². The summed E-state index contributed by atoms with van der Waals surface area (Å²) in [6, 6.07) is 7.82. The summed E-state index contributed by atoms with van der Waals surface area (Å²) < 4.78 is 27.5. The number of thiophene rings is 1.